The summed E-state index contributed by atoms with van der Waals surface area (Å²) < 4.78 is 0. The number of likely N-dealkylation sites (tertiary alicyclic amines) is 2. The van der Waals surface area contributed by atoms with Crippen LogP contribution < -0.4 is 0 Å². The average molecular weight is 196 g/mol. The van der Waals surface area contributed by atoms with Crippen molar-refractivity contribution in [3.05, 3.63) is 0 Å². The summed E-state index contributed by atoms with van der Waals surface area (Å²) in [7, 11) is 0. The van der Waals surface area contributed by atoms with E-state index >= 15 is 0 Å². The Morgan fingerprint density at radius 3 is 2.00 bits per heavy atom. The van der Waals surface area contributed by atoms with Crippen molar-refractivity contribution >= 4 is 5.91 Å². The van der Waals surface area contributed by atoms with Crippen LogP contribution in [0.1, 0.15) is 27.7 Å². The van der Waals surface area contributed by atoms with E-state index in [2.05, 4.69) is 25.7 Å². The van der Waals surface area contributed by atoms with Crippen LogP contribution in [-0.4, -0.2) is 47.4 Å². The van der Waals surface area contributed by atoms with Crippen LogP contribution in [0, 0.1) is 5.41 Å². The Hall–Kier alpha value is -0.570. The molecule has 0 saturated carbocycles. The predicted molar refractivity (Wildman–Crippen MR) is 56.0 cm³/mol. The molecule has 0 aromatic rings. The Bertz CT molecular complexity index is 253. The fourth-order valence-electron chi connectivity index (χ4n) is 2.42. The first-order valence-electron chi connectivity index (χ1n) is 5.33. The lowest BCUT2D eigenvalue weighted by Crippen LogP contribution is -2.75. The second kappa shape index (κ2) is 2.72. The molecule has 2 saturated heterocycles. The average Bonchev–Trinajstić information content (AvgIpc) is 1.74. The van der Waals surface area contributed by atoms with E-state index in [-0.39, 0.29) is 5.91 Å². The first kappa shape index (κ1) is 9.97. The number of rotatable bonds is 0. The monoisotopic (exact) mass is 196 g/mol. The molecule has 0 aromatic heterocycles. The molecule has 2 aliphatic heterocycles. The van der Waals surface area contributed by atoms with Crippen molar-refractivity contribution in [1.29, 1.82) is 0 Å². The van der Waals surface area contributed by atoms with Gasteiger partial charge in [-0.2, -0.15) is 0 Å². The zero-order valence-corrected chi connectivity index (χ0v) is 9.63. The largest absolute Gasteiger partial charge is 0.341 e. The van der Waals surface area contributed by atoms with Crippen molar-refractivity contribution in [2.45, 2.75) is 33.2 Å². The van der Waals surface area contributed by atoms with Crippen molar-refractivity contribution in [2.75, 3.05) is 26.2 Å². The zero-order chi connectivity index (χ0) is 10.6. The number of carbonyl (C=O) groups excluding carboxylic acids is 1. The van der Waals surface area contributed by atoms with Crippen LogP contribution in [0.15, 0.2) is 0 Å². The predicted octanol–water partition coefficient (Wildman–Crippen LogP) is 0.949. The summed E-state index contributed by atoms with van der Waals surface area (Å²) in [5, 5.41) is 0. The Balaban J connectivity index is 1.83. The maximum atomic E-state index is 11.0. The summed E-state index contributed by atoms with van der Waals surface area (Å²) in [5.74, 6) is 0.227. The van der Waals surface area contributed by atoms with Gasteiger partial charge in [-0.1, -0.05) is 0 Å². The van der Waals surface area contributed by atoms with E-state index in [0.717, 1.165) is 13.1 Å². The van der Waals surface area contributed by atoms with Gasteiger partial charge in [-0.25, -0.2) is 0 Å². The fraction of sp³-hybridized carbons (Fsp3) is 0.909. The Morgan fingerprint density at radius 1 is 1.14 bits per heavy atom. The van der Waals surface area contributed by atoms with Gasteiger partial charge in [0.15, 0.2) is 0 Å². The molecule has 2 fully saturated rings. The van der Waals surface area contributed by atoms with E-state index in [1.165, 1.54) is 13.1 Å². The van der Waals surface area contributed by atoms with Gasteiger partial charge in [-0.3, -0.25) is 9.69 Å². The van der Waals surface area contributed by atoms with Crippen molar-refractivity contribution in [2.24, 2.45) is 5.41 Å². The van der Waals surface area contributed by atoms with E-state index < -0.39 is 0 Å². The standard InChI is InChI=1S/C11H20N2O/c1-9(14)12-5-11(6-12)7-13(8-11)10(2,3)4/h5-8H2,1-4H3. The topological polar surface area (TPSA) is 23.6 Å². The SMILES string of the molecule is CC(=O)N1CC2(C1)CN(C(C)(C)C)C2. The van der Waals surface area contributed by atoms with Gasteiger partial charge >= 0.3 is 0 Å². The molecule has 0 unspecified atom stereocenters. The molecular weight excluding hydrogens is 176 g/mol. The normalized spacial score (nSPS) is 25.9. The van der Waals surface area contributed by atoms with E-state index in [1.54, 1.807) is 6.92 Å². The van der Waals surface area contributed by atoms with Gasteiger partial charge in [-0.05, 0) is 20.8 Å². The molecule has 14 heavy (non-hydrogen) atoms. The summed E-state index contributed by atoms with van der Waals surface area (Å²) >= 11 is 0. The second-order valence-electron chi connectivity index (χ2n) is 5.90. The summed E-state index contributed by atoms with van der Waals surface area (Å²) in [6.07, 6.45) is 0. The molecule has 0 bridgehead atoms. The number of hydrogen-bond donors (Lipinski definition) is 0. The number of hydrogen-bond acceptors (Lipinski definition) is 2. The molecule has 80 valence electrons. The summed E-state index contributed by atoms with van der Waals surface area (Å²) in [6, 6.07) is 0. The Morgan fingerprint density at radius 2 is 1.64 bits per heavy atom. The molecule has 0 N–H and O–H groups in total. The molecule has 1 amide bonds. The van der Waals surface area contributed by atoms with E-state index in [4.69, 9.17) is 0 Å². The van der Waals surface area contributed by atoms with Crippen molar-refractivity contribution < 1.29 is 4.79 Å². The summed E-state index contributed by atoms with van der Waals surface area (Å²) in [5.41, 5.74) is 0.751. The minimum Gasteiger partial charge on any atom is -0.341 e. The lowest BCUT2D eigenvalue weighted by Gasteiger charge is -2.63. The lowest BCUT2D eigenvalue weighted by molar-refractivity contribution is -0.166. The first-order chi connectivity index (χ1) is 6.32. The van der Waals surface area contributed by atoms with Crippen LogP contribution in [0.5, 0.6) is 0 Å². The third kappa shape index (κ3) is 1.44. The fourth-order valence-corrected chi connectivity index (χ4v) is 2.42. The van der Waals surface area contributed by atoms with Crippen molar-refractivity contribution in [3.8, 4) is 0 Å². The third-order valence-electron chi connectivity index (χ3n) is 3.50. The van der Waals surface area contributed by atoms with Gasteiger partial charge < -0.3 is 4.90 Å². The lowest BCUT2D eigenvalue weighted by atomic mass is 9.71. The van der Waals surface area contributed by atoms with Gasteiger partial charge in [0.25, 0.3) is 0 Å². The Labute approximate surface area is 86.1 Å². The van der Waals surface area contributed by atoms with Crippen LogP contribution >= 0.6 is 0 Å². The summed E-state index contributed by atoms with van der Waals surface area (Å²) in [6.45, 7) is 12.7. The first-order valence-corrected chi connectivity index (χ1v) is 5.33. The smallest absolute Gasteiger partial charge is 0.219 e. The third-order valence-corrected chi connectivity index (χ3v) is 3.50. The van der Waals surface area contributed by atoms with Gasteiger partial charge in [0.05, 0.1) is 0 Å². The number of carbonyl (C=O) groups is 1. The van der Waals surface area contributed by atoms with Crippen LogP contribution in [0.3, 0.4) is 0 Å². The molecule has 2 heterocycles. The second-order valence-corrected chi connectivity index (χ2v) is 5.90. The molecule has 0 aromatic carbocycles. The molecule has 0 radical (unpaired) electrons. The molecule has 2 aliphatic rings. The van der Waals surface area contributed by atoms with E-state index in [0.29, 0.717) is 11.0 Å². The van der Waals surface area contributed by atoms with E-state index in [1.807, 2.05) is 4.90 Å². The molecule has 3 heteroatoms. The van der Waals surface area contributed by atoms with Gasteiger partial charge in [-0.15, -0.1) is 0 Å². The highest BCUT2D eigenvalue weighted by molar-refractivity contribution is 5.74. The van der Waals surface area contributed by atoms with Crippen LogP contribution in [0.25, 0.3) is 0 Å². The van der Waals surface area contributed by atoms with E-state index in [9.17, 15) is 4.79 Å². The minimum absolute atomic E-state index is 0.227. The molecule has 3 nitrogen and oxygen atoms in total. The number of nitrogens with zero attached hydrogens (tertiary/aromatic N) is 2. The molecule has 0 aliphatic carbocycles. The Kier molecular flexibility index (Phi) is 1.94. The highest BCUT2D eigenvalue weighted by Gasteiger charge is 2.54. The molecule has 1 spiro atoms. The van der Waals surface area contributed by atoms with Crippen molar-refractivity contribution in [1.82, 2.24) is 9.80 Å². The van der Waals surface area contributed by atoms with Crippen LogP contribution in [0.4, 0.5) is 0 Å². The summed E-state index contributed by atoms with van der Waals surface area (Å²) in [4.78, 5) is 15.5. The molecular formula is C11H20N2O. The van der Waals surface area contributed by atoms with Gasteiger partial charge in [0.1, 0.15) is 0 Å². The highest BCUT2D eigenvalue weighted by Crippen LogP contribution is 2.42. The number of amides is 1. The van der Waals surface area contributed by atoms with Crippen LogP contribution in [-0.2, 0) is 4.79 Å². The quantitative estimate of drug-likeness (QED) is 0.576. The molecule has 2 rings (SSSR count). The minimum atomic E-state index is 0.227. The zero-order valence-electron chi connectivity index (χ0n) is 9.63. The highest BCUT2D eigenvalue weighted by atomic mass is 16.2. The molecule has 0 atom stereocenters. The maximum absolute atomic E-state index is 11.0. The van der Waals surface area contributed by atoms with Gasteiger partial charge in [0, 0.05) is 44.1 Å². The maximum Gasteiger partial charge on any atom is 0.219 e. The van der Waals surface area contributed by atoms with Gasteiger partial charge in [0.2, 0.25) is 5.91 Å². The van der Waals surface area contributed by atoms with Crippen molar-refractivity contribution in [3.63, 3.8) is 0 Å². The van der Waals surface area contributed by atoms with Crippen LogP contribution in [0.2, 0.25) is 0 Å².